The average Bonchev–Trinajstić information content (AvgIpc) is 3.34. The molecule has 2 aromatic rings. The molecule has 2 atom stereocenters. The summed E-state index contributed by atoms with van der Waals surface area (Å²) in [6.45, 7) is 1.45. The highest BCUT2D eigenvalue weighted by Crippen LogP contribution is 2.29. The molecule has 1 unspecified atom stereocenters. The van der Waals surface area contributed by atoms with Crippen LogP contribution >= 0.6 is 0 Å². The van der Waals surface area contributed by atoms with Gasteiger partial charge in [-0.05, 0) is 43.2 Å². The molecular weight excluding hydrogens is 411 g/mol. The fraction of sp³-hybridized carbons (Fsp3) is 0.429. The fourth-order valence-electron chi connectivity index (χ4n) is 3.74. The van der Waals surface area contributed by atoms with Crippen molar-refractivity contribution in [2.75, 3.05) is 40.9 Å². The maximum atomic E-state index is 14.8. The normalized spacial score (nSPS) is 22.1. The molecule has 0 aliphatic carbocycles. The molecule has 0 radical (unpaired) electrons. The number of hydrogen-bond donors (Lipinski definition) is 0. The summed E-state index contributed by atoms with van der Waals surface area (Å²) in [4.78, 5) is 27.6. The van der Waals surface area contributed by atoms with Crippen molar-refractivity contribution in [3.05, 3.63) is 48.2 Å². The SMILES string of the molecule is O=C(CC[C@H]1CN(c2ccc(N3CCCS(=O)CC3)c(F)c2)C(=O)O1)c1ccco1. The molecule has 3 heterocycles. The number of carbonyl (C=O) groups excluding carboxylic acids is 2. The number of halogens is 1. The van der Waals surface area contributed by atoms with Gasteiger partial charge in [-0.1, -0.05) is 0 Å². The third kappa shape index (κ3) is 4.56. The Kier molecular flexibility index (Phi) is 6.17. The number of nitrogens with zero attached hydrogens (tertiary/aromatic N) is 2. The lowest BCUT2D eigenvalue weighted by Gasteiger charge is -2.24. The van der Waals surface area contributed by atoms with E-state index in [4.69, 9.17) is 9.15 Å². The van der Waals surface area contributed by atoms with Gasteiger partial charge >= 0.3 is 6.09 Å². The number of cyclic esters (lactones) is 1. The first kappa shape index (κ1) is 20.6. The Hall–Kier alpha value is -2.68. The maximum absolute atomic E-state index is 14.8. The van der Waals surface area contributed by atoms with Gasteiger partial charge in [0, 0.05) is 41.8 Å². The topological polar surface area (TPSA) is 80.1 Å². The van der Waals surface area contributed by atoms with E-state index >= 15 is 0 Å². The first-order valence-electron chi connectivity index (χ1n) is 9.95. The lowest BCUT2D eigenvalue weighted by molar-refractivity contribution is 0.0914. The Labute approximate surface area is 176 Å². The van der Waals surface area contributed by atoms with Crippen LogP contribution in [0.25, 0.3) is 0 Å². The second-order valence-electron chi connectivity index (χ2n) is 7.38. The van der Waals surface area contributed by atoms with Gasteiger partial charge < -0.3 is 14.1 Å². The summed E-state index contributed by atoms with van der Waals surface area (Å²) in [5.74, 6) is 0.872. The molecule has 2 saturated heterocycles. The Morgan fingerprint density at radius 2 is 2.10 bits per heavy atom. The molecule has 1 aromatic carbocycles. The van der Waals surface area contributed by atoms with Crippen molar-refractivity contribution in [1.82, 2.24) is 0 Å². The summed E-state index contributed by atoms with van der Waals surface area (Å²) in [5.41, 5.74) is 0.866. The van der Waals surface area contributed by atoms with E-state index in [1.165, 1.54) is 17.2 Å². The van der Waals surface area contributed by atoms with Crippen molar-refractivity contribution in [3.63, 3.8) is 0 Å². The van der Waals surface area contributed by atoms with E-state index < -0.39 is 28.8 Å². The number of carbonyl (C=O) groups is 2. The maximum Gasteiger partial charge on any atom is 0.414 e. The summed E-state index contributed by atoms with van der Waals surface area (Å²) in [6, 6.07) is 7.92. The Morgan fingerprint density at radius 3 is 2.87 bits per heavy atom. The van der Waals surface area contributed by atoms with Crippen molar-refractivity contribution >= 4 is 34.1 Å². The highest BCUT2D eigenvalue weighted by atomic mass is 32.2. The third-order valence-corrected chi connectivity index (χ3v) is 6.72. The number of benzene rings is 1. The average molecular weight is 434 g/mol. The minimum atomic E-state index is -0.853. The van der Waals surface area contributed by atoms with Crippen LogP contribution in [0.1, 0.15) is 29.8 Å². The van der Waals surface area contributed by atoms with Gasteiger partial charge in [-0.15, -0.1) is 0 Å². The molecule has 4 rings (SSSR count). The Morgan fingerprint density at radius 1 is 1.23 bits per heavy atom. The number of Topliss-reactive ketones (excluding diaryl/α,β-unsaturated/α-hetero) is 1. The lowest BCUT2D eigenvalue weighted by Crippen LogP contribution is -2.28. The monoisotopic (exact) mass is 434 g/mol. The standard InChI is InChI=1S/C21H23FN2O5S/c22-17-13-15(4-6-18(17)23-8-2-11-30(27)12-9-23)24-14-16(29-21(24)26)5-7-19(25)20-3-1-10-28-20/h1,3-4,6,10,13,16H,2,5,7-9,11-12,14H2/t16-,30?/m0/s1. The van der Waals surface area contributed by atoms with Gasteiger partial charge in [-0.2, -0.15) is 0 Å². The number of rotatable bonds is 6. The molecule has 160 valence electrons. The van der Waals surface area contributed by atoms with E-state index in [0.717, 1.165) is 6.42 Å². The van der Waals surface area contributed by atoms with Crippen molar-refractivity contribution in [1.29, 1.82) is 0 Å². The highest BCUT2D eigenvalue weighted by Gasteiger charge is 2.33. The van der Waals surface area contributed by atoms with Gasteiger partial charge in [0.15, 0.2) is 11.5 Å². The number of anilines is 2. The van der Waals surface area contributed by atoms with E-state index in [9.17, 15) is 18.2 Å². The lowest BCUT2D eigenvalue weighted by atomic mass is 10.1. The van der Waals surface area contributed by atoms with Gasteiger partial charge in [0.05, 0.1) is 24.2 Å². The van der Waals surface area contributed by atoms with Crippen molar-refractivity contribution in [3.8, 4) is 0 Å². The van der Waals surface area contributed by atoms with Crippen molar-refractivity contribution in [2.45, 2.75) is 25.4 Å². The number of amides is 1. The van der Waals surface area contributed by atoms with Gasteiger partial charge in [0.25, 0.3) is 0 Å². The van der Waals surface area contributed by atoms with Crippen LogP contribution in [0.3, 0.4) is 0 Å². The molecule has 7 nitrogen and oxygen atoms in total. The zero-order valence-corrected chi connectivity index (χ0v) is 17.2. The Balaban J connectivity index is 1.39. The number of ketones is 1. The van der Waals surface area contributed by atoms with Crippen LogP contribution in [0, 0.1) is 5.82 Å². The van der Waals surface area contributed by atoms with E-state index in [1.807, 2.05) is 4.90 Å². The fourth-order valence-corrected chi connectivity index (χ4v) is 4.82. The van der Waals surface area contributed by atoms with E-state index in [1.54, 1.807) is 24.3 Å². The molecular formula is C21H23FN2O5S. The van der Waals surface area contributed by atoms with Crippen LogP contribution in [-0.2, 0) is 15.5 Å². The molecule has 9 heteroatoms. The minimum absolute atomic E-state index is 0.150. The number of furan rings is 1. The predicted molar refractivity (Wildman–Crippen MR) is 111 cm³/mol. The summed E-state index contributed by atoms with van der Waals surface area (Å²) in [5, 5.41) is 0. The summed E-state index contributed by atoms with van der Waals surface area (Å²) in [6.07, 6.45) is 1.76. The molecule has 30 heavy (non-hydrogen) atoms. The second-order valence-corrected chi connectivity index (χ2v) is 9.08. The van der Waals surface area contributed by atoms with Gasteiger partial charge in [0.2, 0.25) is 0 Å². The van der Waals surface area contributed by atoms with Crippen LogP contribution in [0.15, 0.2) is 41.0 Å². The number of hydrogen-bond acceptors (Lipinski definition) is 6. The van der Waals surface area contributed by atoms with Gasteiger partial charge in [-0.25, -0.2) is 9.18 Å². The number of ether oxygens (including phenoxy) is 1. The van der Waals surface area contributed by atoms with Crippen LogP contribution in [0.5, 0.6) is 0 Å². The first-order chi connectivity index (χ1) is 14.5. The smallest absolute Gasteiger partial charge is 0.414 e. The van der Waals surface area contributed by atoms with Crippen LogP contribution in [0.4, 0.5) is 20.6 Å². The van der Waals surface area contributed by atoms with Crippen molar-refractivity contribution < 1.29 is 27.3 Å². The molecule has 0 bridgehead atoms. The first-order valence-corrected chi connectivity index (χ1v) is 11.4. The third-order valence-electron chi connectivity index (χ3n) is 5.34. The molecule has 2 aliphatic rings. The molecule has 0 N–H and O–H groups in total. The van der Waals surface area contributed by atoms with Crippen LogP contribution < -0.4 is 9.80 Å². The molecule has 2 aliphatic heterocycles. The zero-order chi connectivity index (χ0) is 21.1. The predicted octanol–water partition coefficient (Wildman–Crippen LogP) is 3.37. The summed E-state index contributed by atoms with van der Waals surface area (Å²) < 4.78 is 36.9. The molecule has 0 spiro atoms. The molecule has 1 aromatic heterocycles. The quantitative estimate of drug-likeness (QED) is 0.649. The molecule has 0 saturated carbocycles. The summed E-state index contributed by atoms with van der Waals surface area (Å²) in [7, 11) is -0.853. The zero-order valence-electron chi connectivity index (χ0n) is 16.4. The molecule has 2 fully saturated rings. The highest BCUT2D eigenvalue weighted by molar-refractivity contribution is 7.85. The van der Waals surface area contributed by atoms with Crippen molar-refractivity contribution in [2.24, 2.45) is 0 Å². The van der Waals surface area contributed by atoms with Gasteiger partial charge in [0.1, 0.15) is 11.9 Å². The Bertz CT molecular complexity index is 949. The molecule has 1 amide bonds. The van der Waals surface area contributed by atoms with Crippen LogP contribution in [0.2, 0.25) is 0 Å². The second kappa shape index (κ2) is 8.99. The summed E-state index contributed by atoms with van der Waals surface area (Å²) >= 11 is 0. The van der Waals surface area contributed by atoms with Gasteiger partial charge in [-0.3, -0.25) is 13.9 Å². The largest absolute Gasteiger partial charge is 0.461 e. The van der Waals surface area contributed by atoms with Crippen LogP contribution in [-0.4, -0.2) is 53.3 Å². The van der Waals surface area contributed by atoms with E-state index in [-0.39, 0.29) is 24.5 Å². The minimum Gasteiger partial charge on any atom is -0.461 e. The van der Waals surface area contributed by atoms with E-state index in [0.29, 0.717) is 42.4 Å². The van der Waals surface area contributed by atoms with E-state index in [2.05, 4.69) is 0 Å².